The third-order valence-electron chi connectivity index (χ3n) is 3.40. The van der Waals surface area contributed by atoms with Gasteiger partial charge in [-0.2, -0.15) is 0 Å². The Morgan fingerprint density at radius 1 is 1.30 bits per heavy atom. The van der Waals surface area contributed by atoms with Gasteiger partial charge in [0, 0.05) is 29.0 Å². The monoisotopic (exact) mass is 308 g/mol. The van der Waals surface area contributed by atoms with Gasteiger partial charge in [0.1, 0.15) is 0 Å². The normalized spacial score (nSPS) is 12.8. The van der Waals surface area contributed by atoms with Gasteiger partial charge in [-0.25, -0.2) is 0 Å². The lowest BCUT2D eigenvalue weighted by Gasteiger charge is -2.21. The van der Waals surface area contributed by atoms with Crippen molar-refractivity contribution in [1.82, 2.24) is 10.2 Å². The molecule has 0 aliphatic heterocycles. The standard InChI is InChI=1S/C16H21ClN2S/c1-18-16(13-5-3-6-14(17)11-13)8-9-19(2)12-15-7-4-10-20-15/h3-7,10-11,16,18H,8-9,12H2,1-2H3. The highest BCUT2D eigenvalue weighted by molar-refractivity contribution is 7.09. The van der Waals surface area contributed by atoms with Crippen LogP contribution in [-0.4, -0.2) is 25.5 Å². The summed E-state index contributed by atoms with van der Waals surface area (Å²) >= 11 is 7.88. The fourth-order valence-electron chi connectivity index (χ4n) is 2.30. The second-order valence-corrected chi connectivity index (χ2v) is 6.47. The van der Waals surface area contributed by atoms with Crippen molar-refractivity contribution in [2.24, 2.45) is 0 Å². The van der Waals surface area contributed by atoms with E-state index in [0.29, 0.717) is 6.04 Å². The molecular formula is C16H21ClN2S. The largest absolute Gasteiger partial charge is 0.313 e. The summed E-state index contributed by atoms with van der Waals surface area (Å²) in [4.78, 5) is 3.78. The van der Waals surface area contributed by atoms with Crippen molar-refractivity contribution in [2.45, 2.75) is 19.0 Å². The van der Waals surface area contributed by atoms with E-state index in [9.17, 15) is 0 Å². The summed E-state index contributed by atoms with van der Waals surface area (Å²) in [5.74, 6) is 0. The van der Waals surface area contributed by atoms with E-state index < -0.39 is 0 Å². The average Bonchev–Trinajstić information content (AvgIpc) is 2.92. The van der Waals surface area contributed by atoms with Gasteiger partial charge in [0.05, 0.1) is 0 Å². The number of hydrogen-bond acceptors (Lipinski definition) is 3. The molecule has 0 saturated heterocycles. The summed E-state index contributed by atoms with van der Waals surface area (Å²) in [6, 6.07) is 12.7. The van der Waals surface area contributed by atoms with Crippen LogP contribution in [0.2, 0.25) is 5.02 Å². The molecule has 1 N–H and O–H groups in total. The Morgan fingerprint density at radius 3 is 2.80 bits per heavy atom. The average molecular weight is 309 g/mol. The van der Waals surface area contributed by atoms with Crippen LogP contribution in [0.4, 0.5) is 0 Å². The molecule has 108 valence electrons. The van der Waals surface area contributed by atoms with Gasteiger partial charge in [0.25, 0.3) is 0 Å². The molecule has 0 spiro atoms. The molecule has 20 heavy (non-hydrogen) atoms. The number of halogens is 1. The Labute approximate surface area is 130 Å². The van der Waals surface area contributed by atoms with E-state index in [0.717, 1.165) is 24.5 Å². The predicted molar refractivity (Wildman–Crippen MR) is 88.5 cm³/mol. The Kier molecular flexibility index (Phi) is 6.05. The smallest absolute Gasteiger partial charge is 0.0409 e. The van der Waals surface area contributed by atoms with Crippen molar-refractivity contribution >= 4 is 22.9 Å². The van der Waals surface area contributed by atoms with Crippen molar-refractivity contribution in [2.75, 3.05) is 20.6 Å². The molecule has 0 saturated carbocycles. The number of thiophene rings is 1. The van der Waals surface area contributed by atoms with Crippen LogP contribution in [0.5, 0.6) is 0 Å². The first-order valence-corrected chi connectivity index (χ1v) is 8.08. The molecule has 1 aromatic carbocycles. The Morgan fingerprint density at radius 2 is 2.15 bits per heavy atom. The van der Waals surface area contributed by atoms with E-state index in [1.54, 1.807) is 0 Å². The van der Waals surface area contributed by atoms with Gasteiger partial charge in [-0.1, -0.05) is 29.8 Å². The first-order valence-electron chi connectivity index (χ1n) is 6.82. The molecule has 0 radical (unpaired) electrons. The zero-order valence-electron chi connectivity index (χ0n) is 12.0. The van der Waals surface area contributed by atoms with Gasteiger partial charge < -0.3 is 10.2 Å². The summed E-state index contributed by atoms with van der Waals surface area (Å²) in [7, 11) is 4.18. The number of nitrogens with zero attached hydrogens (tertiary/aromatic N) is 1. The molecule has 2 rings (SSSR count). The van der Waals surface area contributed by atoms with Crippen LogP contribution < -0.4 is 5.32 Å². The van der Waals surface area contributed by atoms with Crippen LogP contribution in [0, 0.1) is 0 Å². The first kappa shape index (κ1) is 15.5. The molecule has 2 aromatic rings. The van der Waals surface area contributed by atoms with Crippen molar-refractivity contribution in [1.29, 1.82) is 0 Å². The maximum Gasteiger partial charge on any atom is 0.0409 e. The quantitative estimate of drug-likeness (QED) is 0.825. The summed E-state index contributed by atoms with van der Waals surface area (Å²) in [5.41, 5.74) is 1.25. The fourth-order valence-corrected chi connectivity index (χ4v) is 3.28. The van der Waals surface area contributed by atoms with Gasteiger partial charge >= 0.3 is 0 Å². The van der Waals surface area contributed by atoms with E-state index >= 15 is 0 Å². The summed E-state index contributed by atoms with van der Waals surface area (Å²) in [6.07, 6.45) is 1.07. The minimum Gasteiger partial charge on any atom is -0.313 e. The minimum atomic E-state index is 0.347. The molecule has 1 heterocycles. The summed E-state index contributed by atoms with van der Waals surface area (Å²) in [6.45, 7) is 2.07. The molecule has 0 aliphatic carbocycles. The first-order chi connectivity index (χ1) is 9.69. The SMILES string of the molecule is CNC(CCN(C)Cc1cccs1)c1cccc(Cl)c1. The predicted octanol–water partition coefficient (Wildman–Crippen LogP) is 4.18. The highest BCUT2D eigenvalue weighted by Gasteiger charge is 2.11. The van der Waals surface area contributed by atoms with Crippen molar-refractivity contribution in [3.8, 4) is 0 Å². The van der Waals surface area contributed by atoms with E-state index in [4.69, 9.17) is 11.6 Å². The van der Waals surface area contributed by atoms with Crippen LogP contribution in [0.1, 0.15) is 22.9 Å². The van der Waals surface area contributed by atoms with Gasteiger partial charge in [0.15, 0.2) is 0 Å². The maximum absolute atomic E-state index is 6.07. The van der Waals surface area contributed by atoms with Crippen molar-refractivity contribution in [3.05, 3.63) is 57.2 Å². The number of hydrogen-bond donors (Lipinski definition) is 1. The molecule has 2 nitrogen and oxygen atoms in total. The fraction of sp³-hybridized carbons (Fsp3) is 0.375. The minimum absolute atomic E-state index is 0.347. The highest BCUT2D eigenvalue weighted by atomic mass is 35.5. The lowest BCUT2D eigenvalue weighted by Crippen LogP contribution is -2.25. The zero-order valence-corrected chi connectivity index (χ0v) is 13.5. The molecule has 0 aliphatic rings. The molecular weight excluding hydrogens is 288 g/mol. The third kappa shape index (κ3) is 4.60. The van der Waals surface area contributed by atoms with Crippen molar-refractivity contribution in [3.63, 3.8) is 0 Å². The van der Waals surface area contributed by atoms with E-state index in [-0.39, 0.29) is 0 Å². The Bertz CT molecular complexity index is 513. The molecule has 4 heteroatoms. The number of nitrogens with one attached hydrogen (secondary N) is 1. The number of benzene rings is 1. The Balaban J connectivity index is 1.87. The molecule has 1 unspecified atom stereocenters. The van der Waals surface area contributed by atoms with Crippen LogP contribution in [0.3, 0.4) is 0 Å². The van der Waals surface area contributed by atoms with Gasteiger partial charge in [-0.15, -0.1) is 11.3 Å². The van der Waals surface area contributed by atoms with E-state index in [1.165, 1.54) is 10.4 Å². The van der Waals surface area contributed by atoms with Crippen molar-refractivity contribution < 1.29 is 0 Å². The van der Waals surface area contributed by atoms with Crippen LogP contribution in [0.15, 0.2) is 41.8 Å². The molecule has 0 fully saturated rings. The summed E-state index contributed by atoms with van der Waals surface area (Å²) < 4.78 is 0. The van der Waals surface area contributed by atoms with Crippen LogP contribution >= 0.6 is 22.9 Å². The molecule has 0 amide bonds. The van der Waals surface area contributed by atoms with Gasteiger partial charge in [-0.05, 0) is 49.7 Å². The van der Waals surface area contributed by atoms with Crippen LogP contribution in [-0.2, 0) is 6.54 Å². The van der Waals surface area contributed by atoms with E-state index in [1.807, 2.05) is 36.6 Å². The van der Waals surface area contributed by atoms with Gasteiger partial charge in [0.2, 0.25) is 0 Å². The topological polar surface area (TPSA) is 15.3 Å². The van der Waals surface area contributed by atoms with Crippen LogP contribution in [0.25, 0.3) is 0 Å². The molecule has 1 aromatic heterocycles. The third-order valence-corrected chi connectivity index (χ3v) is 4.50. The Hall–Kier alpha value is -0.870. The highest BCUT2D eigenvalue weighted by Crippen LogP contribution is 2.21. The zero-order chi connectivity index (χ0) is 14.4. The molecule has 0 bridgehead atoms. The second kappa shape index (κ2) is 7.79. The van der Waals surface area contributed by atoms with E-state index in [2.05, 4.69) is 40.8 Å². The summed E-state index contributed by atoms with van der Waals surface area (Å²) in [5, 5.41) is 6.31. The number of rotatable bonds is 7. The van der Waals surface area contributed by atoms with Gasteiger partial charge in [-0.3, -0.25) is 0 Å². The lowest BCUT2D eigenvalue weighted by atomic mass is 10.0. The molecule has 1 atom stereocenters. The second-order valence-electron chi connectivity index (χ2n) is 5.00. The lowest BCUT2D eigenvalue weighted by molar-refractivity contribution is 0.306. The maximum atomic E-state index is 6.07.